The van der Waals surface area contributed by atoms with Crippen molar-refractivity contribution in [3.8, 4) is 23.0 Å². The minimum absolute atomic E-state index is 0.0811. The predicted octanol–water partition coefficient (Wildman–Crippen LogP) is 9.92. The number of ether oxygens (including phenoxy) is 2. The molecule has 6 aromatic rings. The highest BCUT2D eigenvalue weighted by Gasteiger charge is 2.46. The van der Waals surface area contributed by atoms with E-state index in [9.17, 15) is 26.3 Å². The van der Waals surface area contributed by atoms with E-state index in [0.29, 0.717) is 11.4 Å². The summed E-state index contributed by atoms with van der Waals surface area (Å²) in [6.45, 7) is 3.45. The molecule has 4 aromatic heterocycles. The van der Waals surface area contributed by atoms with Gasteiger partial charge in [0.05, 0.1) is 40.2 Å². The first-order chi connectivity index (χ1) is 24.5. The van der Waals surface area contributed by atoms with Crippen LogP contribution in [-0.2, 0) is 0 Å². The topological polar surface area (TPSA) is 106 Å². The van der Waals surface area contributed by atoms with Crippen molar-refractivity contribution in [2.24, 2.45) is 0 Å². The Kier molecular flexibility index (Phi) is 11.8. The average Bonchev–Trinajstić information content (AvgIpc) is 3.70. The first kappa shape index (κ1) is 38.6. The van der Waals surface area contributed by atoms with E-state index in [1.807, 2.05) is 0 Å². The summed E-state index contributed by atoms with van der Waals surface area (Å²) in [7, 11) is 0. The van der Waals surface area contributed by atoms with Crippen LogP contribution in [0, 0.1) is 13.8 Å². The quantitative estimate of drug-likeness (QED) is 0.140. The molecule has 2 atom stereocenters. The molecule has 272 valence electrons. The van der Waals surface area contributed by atoms with Crippen LogP contribution < -0.4 is 9.47 Å². The fourth-order valence-corrected chi connectivity index (χ4v) is 5.23. The number of nitrogens with zero attached hydrogens (tertiary/aromatic N) is 8. The molecule has 2 aromatic carbocycles. The average molecular weight is 806 g/mol. The van der Waals surface area contributed by atoms with Crippen molar-refractivity contribution in [1.29, 1.82) is 0 Å². The van der Waals surface area contributed by atoms with Gasteiger partial charge in [0.25, 0.3) is 0 Å². The first-order valence-corrected chi connectivity index (χ1v) is 16.1. The molecule has 0 aliphatic rings. The van der Waals surface area contributed by atoms with Crippen LogP contribution in [0.5, 0.6) is 11.6 Å². The molecule has 20 heteroatoms. The SMILES string of the molecule is Cc1ccn(-c2cc(Cl)ccc2[C@@H](Oc2cc(Cl)cnn2)C(F)(F)F)n1.Cc1ccn(-c2cc(Cl)ccc2[C@@H](Oc2cnnc(Cl)c2)C(F)(F)F)n1. The maximum Gasteiger partial charge on any atom is 0.429 e. The van der Waals surface area contributed by atoms with Gasteiger partial charge < -0.3 is 9.47 Å². The predicted molar refractivity (Wildman–Crippen MR) is 180 cm³/mol. The lowest BCUT2D eigenvalue weighted by Crippen LogP contribution is -2.27. The molecule has 0 spiro atoms. The third-order valence-electron chi connectivity index (χ3n) is 6.77. The van der Waals surface area contributed by atoms with Crippen LogP contribution in [0.3, 0.4) is 0 Å². The second kappa shape index (κ2) is 15.9. The Morgan fingerprint density at radius 2 is 1.10 bits per heavy atom. The van der Waals surface area contributed by atoms with Crippen molar-refractivity contribution in [2.45, 2.75) is 38.4 Å². The minimum atomic E-state index is -4.73. The third-order valence-corrected chi connectivity index (χ3v) is 7.64. The number of aromatic nitrogens is 8. The van der Waals surface area contributed by atoms with E-state index < -0.39 is 24.6 Å². The van der Waals surface area contributed by atoms with Gasteiger partial charge in [-0.1, -0.05) is 58.5 Å². The summed E-state index contributed by atoms with van der Waals surface area (Å²) in [4.78, 5) is 0. The summed E-state index contributed by atoms with van der Waals surface area (Å²) in [5, 5.41) is 22.9. The summed E-state index contributed by atoms with van der Waals surface area (Å²) in [6.07, 6.45) is -8.70. The largest absolute Gasteiger partial charge is 0.474 e. The van der Waals surface area contributed by atoms with Gasteiger partial charge in [-0.05, 0) is 50.2 Å². The smallest absolute Gasteiger partial charge is 0.429 e. The van der Waals surface area contributed by atoms with Crippen molar-refractivity contribution in [3.63, 3.8) is 0 Å². The van der Waals surface area contributed by atoms with Gasteiger partial charge in [0.1, 0.15) is 5.75 Å². The van der Waals surface area contributed by atoms with Crippen molar-refractivity contribution in [2.75, 3.05) is 0 Å². The highest BCUT2D eigenvalue weighted by Crippen LogP contribution is 2.41. The van der Waals surface area contributed by atoms with Crippen molar-refractivity contribution >= 4 is 46.4 Å². The molecule has 0 bridgehead atoms. The molecule has 10 nitrogen and oxygen atoms in total. The molecule has 0 unspecified atom stereocenters. The Morgan fingerprint density at radius 1 is 0.596 bits per heavy atom. The lowest BCUT2D eigenvalue weighted by Gasteiger charge is -2.24. The van der Waals surface area contributed by atoms with Crippen LogP contribution in [0.15, 0.2) is 85.5 Å². The molecule has 6 rings (SSSR count). The summed E-state index contributed by atoms with van der Waals surface area (Å²) in [5.41, 5.74) is 1.25. The molecule has 0 saturated heterocycles. The Balaban J connectivity index is 0.000000201. The van der Waals surface area contributed by atoms with E-state index in [4.69, 9.17) is 55.9 Å². The fourth-order valence-electron chi connectivity index (χ4n) is 4.61. The van der Waals surface area contributed by atoms with Crippen LogP contribution >= 0.6 is 46.4 Å². The molecular formula is C32H22Cl4F6N8O2. The van der Waals surface area contributed by atoms with Crippen molar-refractivity contribution in [3.05, 3.63) is 128 Å². The monoisotopic (exact) mass is 804 g/mol. The Labute approximate surface area is 310 Å². The van der Waals surface area contributed by atoms with Gasteiger partial charge in [0, 0.05) is 45.7 Å². The lowest BCUT2D eigenvalue weighted by atomic mass is 10.1. The van der Waals surface area contributed by atoms with Gasteiger partial charge in [0.2, 0.25) is 18.1 Å². The summed E-state index contributed by atoms with van der Waals surface area (Å²) >= 11 is 23.4. The summed E-state index contributed by atoms with van der Waals surface area (Å²) in [6, 6.07) is 13.6. The zero-order valence-electron chi connectivity index (χ0n) is 26.4. The van der Waals surface area contributed by atoms with E-state index in [0.717, 1.165) is 18.3 Å². The molecular weight excluding hydrogens is 784 g/mol. The molecule has 0 aliphatic carbocycles. The molecule has 0 saturated carbocycles. The Bertz CT molecular complexity index is 2010. The molecule has 0 fully saturated rings. The van der Waals surface area contributed by atoms with Crippen molar-refractivity contribution in [1.82, 2.24) is 40.0 Å². The highest BCUT2D eigenvalue weighted by atomic mass is 35.5. The molecule has 4 heterocycles. The Morgan fingerprint density at radius 3 is 1.54 bits per heavy atom. The summed E-state index contributed by atoms with van der Waals surface area (Å²) in [5.74, 6) is -0.512. The Hall–Kier alpha value is -4.64. The van der Waals surface area contributed by atoms with Crippen LogP contribution in [0.2, 0.25) is 20.2 Å². The van der Waals surface area contributed by atoms with E-state index in [-0.39, 0.29) is 54.4 Å². The van der Waals surface area contributed by atoms with Gasteiger partial charge in [-0.15, -0.1) is 10.2 Å². The molecule has 0 aliphatic heterocycles. The van der Waals surface area contributed by atoms with Crippen LogP contribution in [0.4, 0.5) is 26.3 Å². The molecule has 52 heavy (non-hydrogen) atoms. The maximum atomic E-state index is 13.7. The van der Waals surface area contributed by atoms with E-state index in [1.165, 1.54) is 58.2 Å². The van der Waals surface area contributed by atoms with Crippen LogP contribution in [0.25, 0.3) is 11.4 Å². The second-order valence-corrected chi connectivity index (χ2v) is 12.4. The van der Waals surface area contributed by atoms with Gasteiger partial charge >= 0.3 is 12.4 Å². The normalized spacial score (nSPS) is 12.8. The number of rotatable bonds is 8. The lowest BCUT2D eigenvalue weighted by molar-refractivity contribution is -0.199. The maximum absolute atomic E-state index is 13.7. The standard InChI is InChI=1S/2C16H11Cl2F3N4O/c1-9-4-5-25(24-9)13-6-10(17)2-3-12(13)15(16(19,20)21)26-11-7-14(18)23-22-8-11;1-9-4-5-25(24-9)13-6-10(17)2-3-12(13)15(16(19,20)21)26-14-7-11(18)8-22-23-14/h2*2-8,15H,1H3/t2*15-/m11/s1. The van der Waals surface area contributed by atoms with E-state index in [2.05, 4.69) is 30.6 Å². The second-order valence-electron chi connectivity index (χ2n) is 10.7. The zero-order valence-corrected chi connectivity index (χ0v) is 29.4. The van der Waals surface area contributed by atoms with Gasteiger partial charge in [-0.2, -0.15) is 46.7 Å². The fraction of sp³-hybridized carbons (Fsp3) is 0.188. The van der Waals surface area contributed by atoms with Gasteiger partial charge in [-0.25, -0.2) is 9.36 Å². The van der Waals surface area contributed by atoms with Crippen LogP contribution in [-0.4, -0.2) is 52.3 Å². The number of alkyl halides is 6. The highest BCUT2D eigenvalue weighted by molar-refractivity contribution is 6.31. The molecule has 0 N–H and O–H groups in total. The summed E-state index contributed by atoms with van der Waals surface area (Å²) < 4.78 is 95.3. The van der Waals surface area contributed by atoms with Crippen LogP contribution in [0.1, 0.15) is 34.7 Å². The number of hydrogen-bond donors (Lipinski definition) is 0. The number of halogens is 10. The molecule has 0 radical (unpaired) electrons. The van der Waals surface area contributed by atoms with Gasteiger partial charge in [0.15, 0.2) is 5.15 Å². The minimum Gasteiger partial charge on any atom is -0.474 e. The van der Waals surface area contributed by atoms with E-state index in [1.54, 1.807) is 32.2 Å². The first-order valence-electron chi connectivity index (χ1n) is 14.6. The zero-order chi connectivity index (χ0) is 37.8. The van der Waals surface area contributed by atoms with E-state index >= 15 is 0 Å². The molecule has 0 amide bonds. The number of hydrogen-bond acceptors (Lipinski definition) is 8. The number of aryl methyl sites for hydroxylation is 2. The van der Waals surface area contributed by atoms with Crippen molar-refractivity contribution < 1.29 is 35.8 Å². The third kappa shape index (κ3) is 9.82. The number of benzene rings is 2. The van der Waals surface area contributed by atoms with Gasteiger partial charge in [-0.3, -0.25) is 0 Å².